The Kier molecular flexibility index (Phi) is 4.91. The van der Waals surface area contributed by atoms with Crippen molar-refractivity contribution in [3.8, 4) is 0 Å². The molecule has 0 aliphatic rings. The van der Waals surface area contributed by atoms with Gasteiger partial charge in [-0.15, -0.1) is 0 Å². The number of hydrogen-bond acceptors (Lipinski definition) is 5. The van der Waals surface area contributed by atoms with Gasteiger partial charge in [-0.05, 0) is 18.1 Å². The molecule has 5 nitrogen and oxygen atoms in total. The quantitative estimate of drug-likeness (QED) is 0.647. The van der Waals surface area contributed by atoms with E-state index in [4.69, 9.17) is 5.73 Å². The van der Waals surface area contributed by atoms with Crippen molar-refractivity contribution in [2.45, 2.75) is 20.0 Å². The van der Waals surface area contributed by atoms with Crippen LogP contribution < -0.4 is 16.4 Å². The Morgan fingerprint density at radius 3 is 1.92 bits per heavy atom. The van der Waals surface area contributed by atoms with Crippen molar-refractivity contribution in [3.63, 3.8) is 0 Å². The third kappa shape index (κ3) is 4.01. The SMILES string of the molecule is Cc1ccc(CNc2ncnc(NCc3ccccc3)c2N)cc1. The maximum Gasteiger partial charge on any atom is 0.155 e. The van der Waals surface area contributed by atoms with Gasteiger partial charge in [-0.3, -0.25) is 0 Å². The summed E-state index contributed by atoms with van der Waals surface area (Å²) >= 11 is 0. The van der Waals surface area contributed by atoms with Crippen LogP contribution in [0.15, 0.2) is 60.9 Å². The first-order valence-electron chi connectivity index (χ1n) is 7.90. The van der Waals surface area contributed by atoms with Crippen molar-refractivity contribution in [3.05, 3.63) is 77.6 Å². The van der Waals surface area contributed by atoms with Crippen LogP contribution in [0.1, 0.15) is 16.7 Å². The fourth-order valence-electron chi connectivity index (χ4n) is 2.35. The van der Waals surface area contributed by atoms with E-state index in [9.17, 15) is 0 Å². The van der Waals surface area contributed by atoms with Gasteiger partial charge in [0.2, 0.25) is 0 Å². The first-order valence-corrected chi connectivity index (χ1v) is 7.90. The smallest absolute Gasteiger partial charge is 0.155 e. The number of nitrogens with one attached hydrogen (secondary N) is 2. The van der Waals surface area contributed by atoms with Crippen LogP contribution in [0.25, 0.3) is 0 Å². The highest BCUT2D eigenvalue weighted by Gasteiger charge is 2.07. The van der Waals surface area contributed by atoms with Gasteiger partial charge in [-0.1, -0.05) is 60.2 Å². The van der Waals surface area contributed by atoms with E-state index < -0.39 is 0 Å². The Bertz CT molecular complexity index is 785. The minimum Gasteiger partial charge on any atom is -0.393 e. The standard InChI is InChI=1S/C19H21N5/c1-14-7-9-16(10-8-14)12-22-19-17(20)18(23-13-24-19)21-11-15-5-3-2-4-6-15/h2-10,13H,11-12,20H2,1H3,(H2,21,22,23,24). The molecule has 0 saturated heterocycles. The van der Waals surface area contributed by atoms with E-state index in [1.54, 1.807) is 0 Å². The lowest BCUT2D eigenvalue weighted by Crippen LogP contribution is -2.10. The molecule has 2 aromatic carbocycles. The molecule has 3 aromatic rings. The predicted molar refractivity (Wildman–Crippen MR) is 98.7 cm³/mol. The van der Waals surface area contributed by atoms with E-state index in [-0.39, 0.29) is 0 Å². The second kappa shape index (κ2) is 7.46. The second-order valence-corrected chi connectivity index (χ2v) is 5.66. The molecule has 0 atom stereocenters. The van der Waals surface area contributed by atoms with E-state index in [1.165, 1.54) is 23.0 Å². The number of aromatic nitrogens is 2. The summed E-state index contributed by atoms with van der Waals surface area (Å²) in [5, 5.41) is 6.53. The summed E-state index contributed by atoms with van der Waals surface area (Å²) in [7, 11) is 0. The number of nitrogens with two attached hydrogens (primary N) is 1. The molecule has 0 spiro atoms. The van der Waals surface area contributed by atoms with Crippen LogP contribution in [0, 0.1) is 6.92 Å². The summed E-state index contributed by atoms with van der Waals surface area (Å²) in [6, 6.07) is 18.5. The normalized spacial score (nSPS) is 10.4. The molecule has 0 radical (unpaired) electrons. The number of hydrogen-bond donors (Lipinski definition) is 3. The van der Waals surface area contributed by atoms with Crippen molar-refractivity contribution in [1.82, 2.24) is 9.97 Å². The summed E-state index contributed by atoms with van der Waals surface area (Å²) in [6.45, 7) is 3.41. The van der Waals surface area contributed by atoms with Crippen molar-refractivity contribution >= 4 is 17.3 Å². The molecule has 0 amide bonds. The number of aryl methyl sites for hydroxylation is 1. The highest BCUT2D eigenvalue weighted by Crippen LogP contribution is 2.23. The fraction of sp³-hybridized carbons (Fsp3) is 0.158. The number of anilines is 3. The molecule has 4 N–H and O–H groups in total. The summed E-state index contributed by atoms with van der Waals surface area (Å²) < 4.78 is 0. The molecule has 0 aliphatic carbocycles. The maximum atomic E-state index is 6.19. The van der Waals surface area contributed by atoms with Crippen LogP contribution in [-0.4, -0.2) is 9.97 Å². The van der Waals surface area contributed by atoms with Gasteiger partial charge in [-0.2, -0.15) is 0 Å². The van der Waals surface area contributed by atoms with E-state index in [0.29, 0.717) is 30.4 Å². The summed E-state index contributed by atoms with van der Waals surface area (Å²) in [6.07, 6.45) is 1.52. The van der Waals surface area contributed by atoms with E-state index in [2.05, 4.69) is 63.9 Å². The molecule has 0 bridgehead atoms. The molecule has 0 saturated carbocycles. The monoisotopic (exact) mass is 319 g/mol. The zero-order valence-electron chi connectivity index (χ0n) is 13.7. The predicted octanol–water partition coefficient (Wildman–Crippen LogP) is 3.59. The molecule has 0 fully saturated rings. The zero-order chi connectivity index (χ0) is 16.8. The summed E-state index contributed by atoms with van der Waals surface area (Å²) in [5.41, 5.74) is 10.3. The fourth-order valence-corrected chi connectivity index (χ4v) is 2.35. The lowest BCUT2D eigenvalue weighted by Gasteiger charge is -2.12. The van der Waals surface area contributed by atoms with Gasteiger partial charge in [0, 0.05) is 13.1 Å². The maximum absolute atomic E-state index is 6.19. The molecule has 3 rings (SSSR count). The third-order valence-corrected chi connectivity index (χ3v) is 3.77. The lowest BCUT2D eigenvalue weighted by atomic mass is 10.1. The van der Waals surface area contributed by atoms with Crippen molar-refractivity contribution in [2.75, 3.05) is 16.4 Å². The number of rotatable bonds is 6. The van der Waals surface area contributed by atoms with Crippen LogP contribution in [0.2, 0.25) is 0 Å². The summed E-state index contributed by atoms with van der Waals surface area (Å²) in [4.78, 5) is 8.47. The number of nitrogen functional groups attached to an aromatic ring is 1. The van der Waals surface area contributed by atoms with Gasteiger partial charge in [0.05, 0.1) is 0 Å². The van der Waals surface area contributed by atoms with Crippen molar-refractivity contribution < 1.29 is 0 Å². The highest BCUT2D eigenvalue weighted by atomic mass is 15.1. The van der Waals surface area contributed by atoms with Crippen molar-refractivity contribution in [2.24, 2.45) is 0 Å². The van der Waals surface area contributed by atoms with Gasteiger partial charge < -0.3 is 16.4 Å². The van der Waals surface area contributed by atoms with Crippen LogP contribution in [0.3, 0.4) is 0 Å². The topological polar surface area (TPSA) is 75.9 Å². The molecule has 24 heavy (non-hydrogen) atoms. The molecule has 0 unspecified atom stereocenters. The van der Waals surface area contributed by atoms with Crippen LogP contribution in [0.4, 0.5) is 17.3 Å². The minimum atomic E-state index is 0.528. The molecule has 1 aromatic heterocycles. The average molecular weight is 319 g/mol. The molecular formula is C19H21N5. The second-order valence-electron chi connectivity index (χ2n) is 5.66. The first kappa shape index (κ1) is 15.8. The Hall–Kier alpha value is -3.08. The van der Waals surface area contributed by atoms with Crippen molar-refractivity contribution in [1.29, 1.82) is 0 Å². The van der Waals surface area contributed by atoms with Crippen LogP contribution in [-0.2, 0) is 13.1 Å². The van der Waals surface area contributed by atoms with E-state index in [0.717, 1.165) is 0 Å². The van der Waals surface area contributed by atoms with E-state index >= 15 is 0 Å². The molecule has 0 aliphatic heterocycles. The van der Waals surface area contributed by atoms with Crippen LogP contribution >= 0.6 is 0 Å². The Morgan fingerprint density at radius 1 is 0.792 bits per heavy atom. The molecule has 5 heteroatoms. The largest absolute Gasteiger partial charge is 0.393 e. The number of nitrogens with zero attached hydrogens (tertiary/aromatic N) is 2. The molecule has 122 valence electrons. The van der Waals surface area contributed by atoms with Gasteiger partial charge in [0.1, 0.15) is 12.0 Å². The van der Waals surface area contributed by atoms with Gasteiger partial charge in [0.15, 0.2) is 11.6 Å². The Labute approximate surface area is 142 Å². The van der Waals surface area contributed by atoms with E-state index in [1.807, 2.05) is 18.2 Å². The number of benzene rings is 2. The average Bonchev–Trinajstić information content (AvgIpc) is 2.62. The third-order valence-electron chi connectivity index (χ3n) is 3.77. The van der Waals surface area contributed by atoms with Gasteiger partial charge in [-0.25, -0.2) is 9.97 Å². The van der Waals surface area contributed by atoms with Gasteiger partial charge >= 0.3 is 0 Å². The summed E-state index contributed by atoms with van der Waals surface area (Å²) in [5.74, 6) is 1.28. The Morgan fingerprint density at radius 2 is 1.33 bits per heavy atom. The lowest BCUT2D eigenvalue weighted by molar-refractivity contribution is 1.06. The van der Waals surface area contributed by atoms with Gasteiger partial charge in [0.25, 0.3) is 0 Å². The molecule has 1 heterocycles. The minimum absolute atomic E-state index is 0.528. The zero-order valence-corrected chi connectivity index (χ0v) is 13.7. The molecular weight excluding hydrogens is 298 g/mol. The van der Waals surface area contributed by atoms with Crippen LogP contribution in [0.5, 0.6) is 0 Å². The first-order chi connectivity index (χ1) is 11.7. The highest BCUT2D eigenvalue weighted by molar-refractivity contribution is 5.74. The Balaban J connectivity index is 1.65.